The lowest BCUT2D eigenvalue weighted by atomic mass is 9.77. The molecule has 4 aromatic heterocycles. The summed E-state index contributed by atoms with van der Waals surface area (Å²) in [6, 6.07) is 32.7. The summed E-state index contributed by atoms with van der Waals surface area (Å²) in [5, 5.41) is 3.39. The fraction of sp³-hybridized carbons (Fsp3) is 0.0968. The van der Waals surface area contributed by atoms with Crippen LogP contribution in [0, 0.1) is 0 Å². The molecular formula is C31H18Cl2N4S4. The van der Waals surface area contributed by atoms with Crippen molar-refractivity contribution in [1.29, 1.82) is 0 Å². The molecule has 41 heavy (non-hydrogen) atoms. The van der Waals surface area contributed by atoms with E-state index in [9.17, 15) is 0 Å². The summed E-state index contributed by atoms with van der Waals surface area (Å²) in [5.41, 5.74) is 2.69. The van der Waals surface area contributed by atoms with Gasteiger partial charge < -0.3 is 0 Å². The van der Waals surface area contributed by atoms with Gasteiger partial charge in [-0.25, -0.2) is 19.9 Å². The molecule has 200 valence electrons. The second-order valence-electron chi connectivity index (χ2n) is 9.60. The lowest BCUT2D eigenvalue weighted by Gasteiger charge is -2.35. The number of para-hydroxylation sites is 4. The number of rotatable bonds is 6. The maximum Gasteiger partial charge on any atom is 0.137 e. The predicted molar refractivity (Wildman–Crippen MR) is 177 cm³/mol. The fourth-order valence-electron chi connectivity index (χ4n) is 5.30. The summed E-state index contributed by atoms with van der Waals surface area (Å²) in [4.78, 5) is 20.1. The van der Waals surface area contributed by atoms with Gasteiger partial charge in [0, 0.05) is 0 Å². The van der Waals surface area contributed by atoms with E-state index in [2.05, 4.69) is 24.3 Å². The SMILES string of the molecule is ClC(Cl)C(c1nc2ccccc2s1)C(c1nc2ccccc2s1)(c1nc2ccccc2s1)c1nc2ccccc2s1. The van der Waals surface area contributed by atoms with Gasteiger partial charge in [0.25, 0.3) is 0 Å². The normalized spacial score (nSPS) is 13.2. The maximum atomic E-state index is 7.10. The molecule has 1 atom stereocenters. The summed E-state index contributed by atoms with van der Waals surface area (Å²) in [6.07, 6.45) is 0. The zero-order chi connectivity index (χ0) is 27.6. The minimum Gasteiger partial charge on any atom is -0.241 e. The lowest BCUT2D eigenvalue weighted by molar-refractivity contribution is 0.494. The summed E-state index contributed by atoms with van der Waals surface area (Å²) >= 11 is 20.7. The fourth-order valence-corrected chi connectivity index (χ4v) is 11.0. The van der Waals surface area contributed by atoms with E-state index in [4.69, 9.17) is 43.1 Å². The van der Waals surface area contributed by atoms with Crippen molar-refractivity contribution in [2.75, 3.05) is 0 Å². The van der Waals surface area contributed by atoms with Crippen LogP contribution in [0.5, 0.6) is 0 Å². The van der Waals surface area contributed by atoms with E-state index in [0.717, 1.165) is 60.9 Å². The lowest BCUT2D eigenvalue weighted by Crippen LogP contribution is -2.39. The number of benzene rings is 4. The minimum atomic E-state index is -0.987. The van der Waals surface area contributed by atoms with E-state index < -0.39 is 16.2 Å². The van der Waals surface area contributed by atoms with E-state index >= 15 is 0 Å². The Labute approximate surface area is 260 Å². The van der Waals surface area contributed by atoms with Crippen LogP contribution in [-0.2, 0) is 5.41 Å². The van der Waals surface area contributed by atoms with Crippen molar-refractivity contribution in [2.24, 2.45) is 0 Å². The molecule has 0 bridgehead atoms. The number of thiazole rings is 4. The Hall–Kier alpha value is -2.98. The van der Waals surface area contributed by atoms with Gasteiger partial charge in [0.05, 0.1) is 46.8 Å². The first-order chi connectivity index (χ1) is 20.1. The van der Waals surface area contributed by atoms with Gasteiger partial charge in [-0.2, -0.15) is 0 Å². The quantitative estimate of drug-likeness (QED) is 0.169. The molecule has 0 amide bonds. The van der Waals surface area contributed by atoms with E-state index in [0.29, 0.717) is 0 Å². The Morgan fingerprint density at radius 3 is 1.15 bits per heavy atom. The molecule has 8 aromatic rings. The summed E-state index contributed by atoms with van der Waals surface area (Å²) in [5.74, 6) is -0.509. The van der Waals surface area contributed by atoms with Gasteiger partial charge >= 0.3 is 0 Å². The van der Waals surface area contributed by atoms with Crippen molar-refractivity contribution < 1.29 is 0 Å². The van der Waals surface area contributed by atoms with Crippen molar-refractivity contribution in [1.82, 2.24) is 19.9 Å². The first kappa shape index (κ1) is 25.7. The third-order valence-corrected chi connectivity index (χ3v) is 12.3. The van der Waals surface area contributed by atoms with E-state index in [1.807, 2.05) is 72.8 Å². The first-order valence-corrected chi connectivity index (χ1v) is 17.0. The molecule has 0 saturated heterocycles. The largest absolute Gasteiger partial charge is 0.241 e. The zero-order valence-corrected chi connectivity index (χ0v) is 25.8. The van der Waals surface area contributed by atoms with Crippen LogP contribution >= 0.6 is 68.5 Å². The molecule has 1 unspecified atom stereocenters. The number of nitrogens with zero attached hydrogens (tertiary/aromatic N) is 4. The van der Waals surface area contributed by atoms with Crippen LogP contribution < -0.4 is 0 Å². The molecule has 0 aliphatic carbocycles. The van der Waals surface area contributed by atoms with Crippen LogP contribution in [-0.4, -0.2) is 24.8 Å². The smallest absolute Gasteiger partial charge is 0.137 e. The van der Waals surface area contributed by atoms with Crippen molar-refractivity contribution in [3.63, 3.8) is 0 Å². The monoisotopic (exact) mass is 644 g/mol. The summed E-state index contributed by atoms with van der Waals surface area (Å²) < 4.78 is 4.32. The summed E-state index contributed by atoms with van der Waals surface area (Å²) in [6.45, 7) is 0. The molecule has 4 nitrogen and oxygen atoms in total. The number of fused-ring (bicyclic) bond motifs is 4. The molecule has 4 aromatic carbocycles. The average Bonchev–Trinajstić information content (AvgIpc) is 3.78. The number of hydrogen-bond acceptors (Lipinski definition) is 8. The Balaban J connectivity index is 1.54. The molecule has 0 radical (unpaired) electrons. The van der Waals surface area contributed by atoms with Crippen molar-refractivity contribution in [2.45, 2.75) is 16.2 Å². The standard InChI is InChI=1S/C31H18Cl2N4S4/c32-26(33)25(27-34-17-9-1-5-13-21(17)38-27)31(28-35-18-10-2-6-14-22(18)39-28,29-36-19-11-3-7-15-23(19)40-29)30-37-20-12-4-8-16-24(20)41-30/h1-16,25-26H. The molecule has 10 heteroatoms. The Bertz CT molecular complexity index is 1880. The van der Waals surface area contributed by atoms with Crippen LogP contribution in [0.3, 0.4) is 0 Å². The number of aromatic nitrogens is 4. The molecular weight excluding hydrogens is 628 g/mol. The van der Waals surface area contributed by atoms with Gasteiger partial charge in [-0.1, -0.05) is 48.5 Å². The molecule has 0 aliphatic heterocycles. The Morgan fingerprint density at radius 1 is 0.463 bits per heavy atom. The van der Waals surface area contributed by atoms with Crippen molar-refractivity contribution in [3.8, 4) is 0 Å². The van der Waals surface area contributed by atoms with Crippen LogP contribution in [0.15, 0.2) is 97.1 Å². The van der Waals surface area contributed by atoms with E-state index in [-0.39, 0.29) is 0 Å². The van der Waals surface area contributed by atoms with Gasteiger partial charge in [0.1, 0.15) is 30.3 Å². The molecule has 8 rings (SSSR count). The molecule has 0 aliphatic rings. The molecule has 0 saturated carbocycles. The number of alkyl halides is 2. The van der Waals surface area contributed by atoms with Gasteiger partial charge in [-0.3, -0.25) is 0 Å². The Kier molecular flexibility index (Phi) is 6.32. The highest BCUT2D eigenvalue weighted by molar-refractivity contribution is 7.22. The van der Waals surface area contributed by atoms with Gasteiger partial charge in [-0.15, -0.1) is 68.5 Å². The van der Waals surface area contributed by atoms with Crippen molar-refractivity contribution >= 4 is 109 Å². The highest BCUT2D eigenvalue weighted by Crippen LogP contribution is 2.57. The van der Waals surface area contributed by atoms with Crippen LogP contribution in [0.2, 0.25) is 0 Å². The van der Waals surface area contributed by atoms with E-state index in [1.54, 1.807) is 45.3 Å². The average molecular weight is 646 g/mol. The van der Waals surface area contributed by atoms with Crippen LogP contribution in [0.4, 0.5) is 0 Å². The second-order valence-corrected chi connectivity index (χ2v) is 14.9. The molecule has 0 N–H and O–H groups in total. The van der Waals surface area contributed by atoms with Gasteiger partial charge in [-0.05, 0) is 48.5 Å². The maximum absolute atomic E-state index is 7.10. The second kappa shape index (κ2) is 10.1. The van der Waals surface area contributed by atoms with E-state index in [1.165, 1.54) is 0 Å². The first-order valence-electron chi connectivity index (χ1n) is 12.8. The van der Waals surface area contributed by atoms with Crippen LogP contribution in [0.1, 0.15) is 25.9 Å². The van der Waals surface area contributed by atoms with Gasteiger partial charge in [0.2, 0.25) is 0 Å². The number of hydrogen-bond donors (Lipinski definition) is 0. The van der Waals surface area contributed by atoms with Gasteiger partial charge in [0.15, 0.2) is 0 Å². The molecule has 0 spiro atoms. The third-order valence-electron chi connectivity index (χ3n) is 7.19. The minimum absolute atomic E-state index is 0.509. The van der Waals surface area contributed by atoms with Crippen molar-refractivity contribution in [3.05, 3.63) is 117 Å². The highest BCUT2D eigenvalue weighted by Gasteiger charge is 2.55. The van der Waals surface area contributed by atoms with Crippen LogP contribution in [0.25, 0.3) is 40.9 Å². The highest BCUT2D eigenvalue weighted by atomic mass is 35.5. The third kappa shape index (κ3) is 4.12. The Morgan fingerprint density at radius 2 is 0.805 bits per heavy atom. The predicted octanol–water partition coefficient (Wildman–Crippen LogP) is 10.0. The topological polar surface area (TPSA) is 51.6 Å². The summed E-state index contributed by atoms with van der Waals surface area (Å²) in [7, 11) is 0. The molecule has 0 fully saturated rings. The zero-order valence-electron chi connectivity index (χ0n) is 21.1. The number of halogens is 2. The molecule has 4 heterocycles.